The predicted molar refractivity (Wildman–Crippen MR) is 110 cm³/mol. The minimum Gasteiger partial charge on any atom is -0.497 e. The fourth-order valence-electron chi connectivity index (χ4n) is 4.50. The lowest BCUT2D eigenvalue weighted by Gasteiger charge is -2.29. The molecule has 1 aliphatic carbocycles. The van der Waals surface area contributed by atoms with E-state index in [1.807, 2.05) is 24.3 Å². The van der Waals surface area contributed by atoms with Gasteiger partial charge < -0.3 is 15.0 Å². The highest BCUT2D eigenvalue weighted by Gasteiger charge is 2.43. The van der Waals surface area contributed by atoms with Gasteiger partial charge in [0.05, 0.1) is 18.2 Å². The number of carbonyl (C=O) groups excluding carboxylic acids is 2. The summed E-state index contributed by atoms with van der Waals surface area (Å²) in [4.78, 5) is 26.7. The molecule has 1 saturated carbocycles. The fourth-order valence-corrected chi connectivity index (χ4v) is 4.50. The molecule has 2 amide bonds. The average molecular weight is 396 g/mol. The number of anilines is 2. The predicted octanol–water partition coefficient (Wildman–Crippen LogP) is 4.41. The van der Waals surface area contributed by atoms with Gasteiger partial charge in [-0.1, -0.05) is 25.0 Å². The number of nitrogens with zero attached hydrogens (tertiary/aromatic N) is 1. The van der Waals surface area contributed by atoms with Crippen LogP contribution in [0.15, 0.2) is 42.5 Å². The Morgan fingerprint density at radius 3 is 2.59 bits per heavy atom. The van der Waals surface area contributed by atoms with E-state index in [4.69, 9.17) is 4.74 Å². The van der Waals surface area contributed by atoms with Crippen LogP contribution < -0.4 is 15.0 Å². The number of benzene rings is 2. The minimum atomic E-state index is -0.644. The second kappa shape index (κ2) is 7.85. The Labute approximate surface area is 169 Å². The highest BCUT2D eigenvalue weighted by Crippen LogP contribution is 2.43. The Balaban J connectivity index is 1.58. The molecule has 152 valence electrons. The zero-order chi connectivity index (χ0) is 20.4. The number of hydrogen-bond acceptors (Lipinski definition) is 3. The van der Waals surface area contributed by atoms with Crippen LogP contribution in [0.4, 0.5) is 15.8 Å². The van der Waals surface area contributed by atoms with Crippen LogP contribution in [0.5, 0.6) is 5.75 Å². The smallest absolute Gasteiger partial charge is 0.235 e. The van der Waals surface area contributed by atoms with Crippen molar-refractivity contribution in [2.45, 2.75) is 43.9 Å². The van der Waals surface area contributed by atoms with Crippen LogP contribution in [0, 0.1) is 5.82 Å². The maximum Gasteiger partial charge on any atom is 0.235 e. The maximum atomic E-state index is 14.7. The molecule has 2 aromatic carbocycles. The fraction of sp³-hybridized carbons (Fsp3) is 0.391. The van der Waals surface area contributed by atoms with E-state index in [2.05, 4.69) is 5.32 Å². The molecule has 2 fully saturated rings. The Bertz CT molecular complexity index is 937. The summed E-state index contributed by atoms with van der Waals surface area (Å²) in [6.07, 6.45) is 4.61. The van der Waals surface area contributed by atoms with Gasteiger partial charge in [-0.3, -0.25) is 9.59 Å². The molecule has 0 spiro atoms. The van der Waals surface area contributed by atoms with Crippen LogP contribution in [0.1, 0.15) is 44.1 Å². The normalized spacial score (nSPS) is 18.1. The number of hydrogen-bond donors (Lipinski definition) is 1. The van der Waals surface area contributed by atoms with Crippen LogP contribution in [-0.4, -0.2) is 25.5 Å². The van der Waals surface area contributed by atoms with Crippen LogP contribution in [0.2, 0.25) is 0 Å². The molecule has 5 nitrogen and oxygen atoms in total. The van der Waals surface area contributed by atoms with Crippen molar-refractivity contribution in [3.8, 4) is 5.75 Å². The molecule has 1 N–H and O–H groups in total. The second-order valence-electron chi connectivity index (χ2n) is 7.79. The van der Waals surface area contributed by atoms with Gasteiger partial charge in [0.2, 0.25) is 11.8 Å². The highest BCUT2D eigenvalue weighted by molar-refractivity contribution is 6.00. The first-order chi connectivity index (χ1) is 14.0. The lowest BCUT2D eigenvalue weighted by atomic mass is 9.78. The van der Waals surface area contributed by atoms with Crippen molar-refractivity contribution in [2.75, 3.05) is 23.9 Å². The maximum absolute atomic E-state index is 14.7. The topological polar surface area (TPSA) is 58.6 Å². The molecular weight excluding hydrogens is 371 g/mol. The third-order valence-corrected chi connectivity index (χ3v) is 6.08. The Morgan fingerprint density at radius 2 is 1.93 bits per heavy atom. The van der Waals surface area contributed by atoms with E-state index in [-0.39, 0.29) is 17.5 Å². The quantitative estimate of drug-likeness (QED) is 0.814. The van der Waals surface area contributed by atoms with Gasteiger partial charge in [0.1, 0.15) is 11.6 Å². The summed E-state index contributed by atoms with van der Waals surface area (Å²) in [7, 11) is 1.61. The number of methoxy groups -OCH3 is 1. The second-order valence-corrected chi connectivity index (χ2v) is 7.79. The van der Waals surface area contributed by atoms with Crippen molar-refractivity contribution in [3.05, 3.63) is 53.8 Å². The summed E-state index contributed by atoms with van der Waals surface area (Å²) in [5.74, 6) is 0.0171. The SMILES string of the molecule is COc1cccc(C2(C(=O)Nc3ccc(N4CCCC4=O)c(F)c3)CCCC2)c1. The molecule has 0 aromatic heterocycles. The molecule has 4 rings (SSSR count). The van der Waals surface area contributed by atoms with Crippen LogP contribution in [0.3, 0.4) is 0 Å². The molecule has 2 aliphatic rings. The molecule has 1 aliphatic heterocycles. The number of rotatable bonds is 5. The van der Waals surface area contributed by atoms with Crippen molar-refractivity contribution >= 4 is 23.2 Å². The summed E-state index contributed by atoms with van der Waals surface area (Å²) in [6.45, 7) is 0.528. The standard InChI is InChI=1S/C23H25FN2O3/c1-29-18-7-4-6-16(14-18)23(11-2-3-12-23)22(28)25-17-9-10-20(19(24)15-17)26-13-5-8-21(26)27/h4,6-7,9-10,14-15H,2-3,5,8,11-13H2,1H3,(H,25,28). The Hall–Kier alpha value is -2.89. The number of carbonyl (C=O) groups is 2. The zero-order valence-corrected chi connectivity index (χ0v) is 16.5. The van der Waals surface area contributed by atoms with Gasteiger partial charge in [0.25, 0.3) is 0 Å². The first kappa shape index (κ1) is 19.4. The minimum absolute atomic E-state index is 0.0661. The number of ether oxygens (including phenoxy) is 1. The van der Waals surface area contributed by atoms with E-state index in [1.54, 1.807) is 19.2 Å². The van der Waals surface area contributed by atoms with E-state index in [9.17, 15) is 14.0 Å². The van der Waals surface area contributed by atoms with Gasteiger partial charge in [0.15, 0.2) is 0 Å². The molecule has 1 saturated heterocycles. The monoisotopic (exact) mass is 396 g/mol. The molecule has 2 aromatic rings. The first-order valence-electron chi connectivity index (χ1n) is 10.1. The third kappa shape index (κ3) is 3.59. The van der Waals surface area contributed by atoms with Gasteiger partial charge >= 0.3 is 0 Å². The molecule has 0 atom stereocenters. The molecule has 1 heterocycles. The summed E-state index contributed by atoms with van der Waals surface area (Å²) in [6, 6.07) is 12.1. The van der Waals surface area contributed by atoms with Crippen molar-refractivity contribution in [3.63, 3.8) is 0 Å². The van der Waals surface area contributed by atoms with Crippen molar-refractivity contribution in [1.29, 1.82) is 0 Å². The highest BCUT2D eigenvalue weighted by atomic mass is 19.1. The van der Waals surface area contributed by atoms with Crippen LogP contribution in [0.25, 0.3) is 0 Å². The van der Waals surface area contributed by atoms with Crippen molar-refractivity contribution in [2.24, 2.45) is 0 Å². The third-order valence-electron chi connectivity index (χ3n) is 6.08. The van der Waals surface area contributed by atoms with Crippen LogP contribution in [-0.2, 0) is 15.0 Å². The Kier molecular flexibility index (Phi) is 5.26. The summed E-state index contributed by atoms with van der Waals surface area (Å²) < 4.78 is 20.0. The molecule has 0 unspecified atom stereocenters. The lowest BCUT2D eigenvalue weighted by molar-refractivity contribution is -0.121. The van der Waals surface area contributed by atoms with Crippen LogP contribution >= 0.6 is 0 Å². The summed E-state index contributed by atoms with van der Waals surface area (Å²) in [5.41, 5.74) is 0.951. The van der Waals surface area contributed by atoms with Crippen molar-refractivity contribution < 1.29 is 18.7 Å². The molecular formula is C23H25FN2O3. The van der Waals surface area contributed by atoms with E-state index in [1.165, 1.54) is 11.0 Å². The van der Waals surface area contributed by atoms with E-state index in [0.29, 0.717) is 24.4 Å². The van der Waals surface area contributed by atoms with Gasteiger partial charge in [-0.2, -0.15) is 0 Å². The van der Waals surface area contributed by atoms with Gasteiger partial charge in [-0.15, -0.1) is 0 Å². The molecule has 0 bridgehead atoms. The summed E-state index contributed by atoms with van der Waals surface area (Å²) >= 11 is 0. The Morgan fingerprint density at radius 1 is 1.14 bits per heavy atom. The lowest BCUT2D eigenvalue weighted by Crippen LogP contribution is -2.38. The summed E-state index contributed by atoms with van der Waals surface area (Å²) in [5, 5.41) is 2.91. The van der Waals surface area contributed by atoms with E-state index < -0.39 is 11.2 Å². The average Bonchev–Trinajstić information content (AvgIpc) is 3.38. The van der Waals surface area contributed by atoms with Gasteiger partial charge in [-0.05, 0) is 55.2 Å². The van der Waals surface area contributed by atoms with E-state index in [0.717, 1.165) is 37.7 Å². The first-order valence-corrected chi connectivity index (χ1v) is 10.1. The largest absolute Gasteiger partial charge is 0.497 e. The zero-order valence-electron chi connectivity index (χ0n) is 16.5. The number of nitrogens with one attached hydrogen (secondary N) is 1. The number of amides is 2. The molecule has 29 heavy (non-hydrogen) atoms. The van der Waals surface area contributed by atoms with Crippen molar-refractivity contribution in [1.82, 2.24) is 0 Å². The van der Waals surface area contributed by atoms with E-state index >= 15 is 0 Å². The molecule has 0 radical (unpaired) electrons. The number of halogens is 1. The van der Waals surface area contributed by atoms with Gasteiger partial charge in [-0.25, -0.2) is 4.39 Å². The van der Waals surface area contributed by atoms with Gasteiger partial charge in [0, 0.05) is 18.7 Å². The molecule has 6 heteroatoms.